The Hall–Kier alpha value is -1.27. The van der Waals surface area contributed by atoms with Crippen LogP contribution in [0.1, 0.15) is 30.9 Å². The number of hydrogen-bond acceptors (Lipinski definition) is 5. The molecule has 3 fully saturated rings. The molecule has 6 heteroatoms. The second-order valence-corrected chi connectivity index (χ2v) is 5.61. The Labute approximate surface area is 119 Å². The van der Waals surface area contributed by atoms with Crippen molar-refractivity contribution in [3.05, 3.63) is 17.3 Å². The van der Waals surface area contributed by atoms with Gasteiger partial charge in [0, 0.05) is 39.3 Å². The first kappa shape index (κ1) is 13.7. The van der Waals surface area contributed by atoms with Gasteiger partial charge in [0.15, 0.2) is 11.6 Å². The molecule has 1 aromatic heterocycles. The monoisotopic (exact) mass is 279 g/mol. The lowest BCUT2D eigenvalue weighted by atomic mass is 10.1. The molecule has 0 saturated carbocycles. The molecule has 4 heterocycles. The number of hydrogen-bond donors (Lipinski definition) is 1. The first-order valence-corrected chi connectivity index (χ1v) is 7.43. The van der Waals surface area contributed by atoms with Crippen molar-refractivity contribution >= 4 is 5.82 Å². The summed E-state index contributed by atoms with van der Waals surface area (Å²) in [5.74, 6) is 0.789. The Kier molecular flexibility index (Phi) is 3.85. The molecule has 2 bridgehead atoms. The zero-order valence-electron chi connectivity index (χ0n) is 12.2. The van der Waals surface area contributed by atoms with Gasteiger partial charge in [0.1, 0.15) is 5.82 Å². The molecule has 0 aromatic carbocycles. The predicted octanol–water partition coefficient (Wildman–Crippen LogP) is 1.42. The summed E-state index contributed by atoms with van der Waals surface area (Å²) in [6.45, 7) is 9.82. The Balaban J connectivity index is 1.87. The highest BCUT2D eigenvalue weighted by Gasteiger charge is 2.35. The van der Waals surface area contributed by atoms with Crippen LogP contribution in [0.25, 0.3) is 0 Å². The van der Waals surface area contributed by atoms with Crippen molar-refractivity contribution in [2.75, 3.05) is 44.6 Å². The molecule has 0 radical (unpaired) electrons. The fourth-order valence-corrected chi connectivity index (χ4v) is 2.95. The zero-order valence-corrected chi connectivity index (χ0v) is 12.2. The molecule has 1 atom stereocenters. The van der Waals surface area contributed by atoms with Crippen molar-refractivity contribution < 1.29 is 4.39 Å². The number of rotatable bonds is 4. The van der Waals surface area contributed by atoms with Gasteiger partial charge in [-0.15, -0.1) is 0 Å². The minimum absolute atomic E-state index is 0.207. The number of aromatic nitrogens is 2. The lowest BCUT2D eigenvalue weighted by Gasteiger charge is -2.46. The fraction of sp³-hybridized carbons (Fsp3) is 0.714. The van der Waals surface area contributed by atoms with Crippen LogP contribution >= 0.6 is 0 Å². The van der Waals surface area contributed by atoms with Gasteiger partial charge in [-0.25, -0.2) is 14.4 Å². The van der Waals surface area contributed by atoms with Gasteiger partial charge in [0.25, 0.3) is 0 Å². The van der Waals surface area contributed by atoms with Crippen molar-refractivity contribution in [3.63, 3.8) is 0 Å². The van der Waals surface area contributed by atoms with Crippen LogP contribution in [-0.2, 0) is 0 Å². The Morgan fingerprint density at radius 3 is 2.60 bits per heavy atom. The Morgan fingerprint density at radius 1 is 1.25 bits per heavy atom. The molecule has 0 amide bonds. The number of piperazine rings is 3. The summed E-state index contributed by atoms with van der Waals surface area (Å²) >= 11 is 0. The van der Waals surface area contributed by atoms with E-state index < -0.39 is 0 Å². The third-order valence-electron chi connectivity index (χ3n) is 4.15. The van der Waals surface area contributed by atoms with Crippen LogP contribution in [-0.4, -0.2) is 59.0 Å². The van der Waals surface area contributed by atoms with Crippen LogP contribution in [0, 0.1) is 12.7 Å². The molecular weight excluding hydrogens is 257 g/mol. The average Bonchev–Trinajstić information content (AvgIpc) is 2.49. The highest BCUT2D eigenvalue weighted by Crippen LogP contribution is 2.28. The van der Waals surface area contributed by atoms with Crippen molar-refractivity contribution in [1.29, 1.82) is 0 Å². The van der Waals surface area contributed by atoms with E-state index in [9.17, 15) is 4.39 Å². The van der Waals surface area contributed by atoms with Gasteiger partial charge < -0.3 is 5.32 Å². The van der Waals surface area contributed by atoms with Crippen LogP contribution in [0.15, 0.2) is 0 Å². The minimum atomic E-state index is -0.321. The zero-order chi connectivity index (χ0) is 14.1. The molecular formula is C14H22FN5. The number of aryl methyl sites for hydroxylation is 1. The van der Waals surface area contributed by atoms with Crippen LogP contribution < -0.4 is 5.32 Å². The van der Waals surface area contributed by atoms with Crippen molar-refractivity contribution in [2.24, 2.45) is 0 Å². The van der Waals surface area contributed by atoms with E-state index in [0.717, 1.165) is 51.5 Å². The number of nitrogens with one attached hydrogen (secondary N) is 1. The highest BCUT2D eigenvalue weighted by molar-refractivity contribution is 5.38. The van der Waals surface area contributed by atoms with E-state index in [4.69, 9.17) is 0 Å². The summed E-state index contributed by atoms with van der Waals surface area (Å²) < 4.78 is 14.0. The highest BCUT2D eigenvalue weighted by atomic mass is 19.1. The number of fused-ring (bicyclic) bond motifs is 3. The predicted molar refractivity (Wildman–Crippen MR) is 76.3 cm³/mol. The minimum Gasteiger partial charge on any atom is -0.368 e. The van der Waals surface area contributed by atoms with Gasteiger partial charge in [-0.05, 0) is 13.3 Å². The number of halogens is 1. The molecule has 20 heavy (non-hydrogen) atoms. The van der Waals surface area contributed by atoms with E-state index in [1.165, 1.54) is 0 Å². The molecule has 3 aliphatic heterocycles. The van der Waals surface area contributed by atoms with Gasteiger partial charge in [0.2, 0.25) is 0 Å². The molecule has 5 nitrogen and oxygen atoms in total. The first-order chi connectivity index (χ1) is 9.69. The summed E-state index contributed by atoms with van der Waals surface area (Å²) in [5, 5.41) is 3.07. The second-order valence-electron chi connectivity index (χ2n) is 5.61. The summed E-state index contributed by atoms with van der Waals surface area (Å²) in [6.07, 6.45) is 0.946. The van der Waals surface area contributed by atoms with E-state index in [-0.39, 0.29) is 11.9 Å². The van der Waals surface area contributed by atoms with Crippen LogP contribution in [0.4, 0.5) is 10.2 Å². The van der Waals surface area contributed by atoms with Crippen molar-refractivity contribution in [3.8, 4) is 0 Å². The molecule has 0 aliphatic carbocycles. The maximum atomic E-state index is 14.0. The average molecular weight is 279 g/mol. The third-order valence-corrected chi connectivity index (χ3v) is 4.15. The SMILES string of the molecule is CCCNc1nc(C2CN3CCN2CC3)nc(C)c1F. The van der Waals surface area contributed by atoms with E-state index in [1.807, 2.05) is 0 Å². The van der Waals surface area contributed by atoms with Gasteiger partial charge in [-0.2, -0.15) is 0 Å². The van der Waals surface area contributed by atoms with E-state index in [1.54, 1.807) is 6.92 Å². The third kappa shape index (κ3) is 2.50. The number of nitrogens with zero attached hydrogens (tertiary/aromatic N) is 4. The van der Waals surface area contributed by atoms with E-state index in [2.05, 4.69) is 32.0 Å². The van der Waals surface area contributed by atoms with Gasteiger partial charge in [0.05, 0.1) is 11.7 Å². The van der Waals surface area contributed by atoms with E-state index in [0.29, 0.717) is 11.5 Å². The fourth-order valence-electron chi connectivity index (χ4n) is 2.95. The molecule has 4 rings (SSSR count). The summed E-state index contributed by atoms with van der Waals surface area (Å²) in [6, 6.07) is 0.207. The summed E-state index contributed by atoms with van der Waals surface area (Å²) in [4.78, 5) is 13.7. The maximum Gasteiger partial charge on any atom is 0.186 e. The lowest BCUT2D eigenvalue weighted by Crippen LogP contribution is -2.57. The standard InChI is InChI=1S/C14H22FN5/c1-3-4-16-14-12(15)10(2)17-13(18-14)11-9-19-5-7-20(11)8-6-19/h11H,3-9H2,1-2H3,(H,16,17,18). The maximum absolute atomic E-state index is 14.0. The molecule has 3 saturated heterocycles. The molecule has 1 unspecified atom stereocenters. The van der Waals surface area contributed by atoms with Crippen molar-refractivity contribution in [2.45, 2.75) is 26.3 Å². The summed E-state index contributed by atoms with van der Waals surface area (Å²) in [5.41, 5.74) is 0.436. The Bertz CT molecular complexity index is 485. The van der Waals surface area contributed by atoms with Crippen LogP contribution in [0.5, 0.6) is 0 Å². The topological polar surface area (TPSA) is 44.3 Å². The second kappa shape index (κ2) is 5.61. The van der Waals surface area contributed by atoms with Crippen LogP contribution in [0.3, 0.4) is 0 Å². The van der Waals surface area contributed by atoms with Gasteiger partial charge in [-0.3, -0.25) is 9.80 Å². The number of anilines is 1. The molecule has 1 aromatic rings. The first-order valence-electron chi connectivity index (χ1n) is 7.43. The molecule has 110 valence electrons. The quantitative estimate of drug-likeness (QED) is 0.903. The molecule has 1 N–H and O–H groups in total. The largest absolute Gasteiger partial charge is 0.368 e. The van der Waals surface area contributed by atoms with Crippen LogP contribution in [0.2, 0.25) is 0 Å². The van der Waals surface area contributed by atoms with E-state index >= 15 is 0 Å². The lowest BCUT2D eigenvalue weighted by molar-refractivity contribution is 0.00857. The Morgan fingerprint density at radius 2 is 2.00 bits per heavy atom. The van der Waals surface area contributed by atoms with Gasteiger partial charge >= 0.3 is 0 Å². The molecule has 3 aliphatic rings. The van der Waals surface area contributed by atoms with Crippen molar-refractivity contribution in [1.82, 2.24) is 19.8 Å². The normalized spacial score (nSPS) is 28.6. The summed E-state index contributed by atoms with van der Waals surface area (Å²) in [7, 11) is 0. The van der Waals surface area contributed by atoms with Gasteiger partial charge in [-0.1, -0.05) is 6.92 Å². The molecule has 0 spiro atoms. The smallest absolute Gasteiger partial charge is 0.186 e.